The van der Waals surface area contributed by atoms with Gasteiger partial charge in [0, 0.05) is 43.6 Å². The Morgan fingerprint density at radius 1 is 0.943 bits per heavy atom. The number of ketones is 1. The number of hydrogen-bond donors (Lipinski definition) is 1. The van der Waals surface area contributed by atoms with Crippen molar-refractivity contribution in [3.05, 3.63) is 42.0 Å². The Balaban J connectivity index is 1.77. The number of carbonyl (C=O) groups excluding carboxylic acids is 4. The van der Waals surface area contributed by atoms with Gasteiger partial charge >= 0.3 is 0 Å². The van der Waals surface area contributed by atoms with Crippen LogP contribution in [0.5, 0.6) is 5.75 Å². The number of hydrogen-bond acceptors (Lipinski definition) is 6. The number of nitrogens with zero attached hydrogens (tertiary/aromatic N) is 1. The van der Waals surface area contributed by atoms with Crippen LogP contribution in [0.3, 0.4) is 0 Å². The van der Waals surface area contributed by atoms with Crippen LogP contribution in [-0.2, 0) is 19.1 Å². The first-order valence-electron chi connectivity index (χ1n) is 12.2. The summed E-state index contributed by atoms with van der Waals surface area (Å²) in [5.74, 6) is -0.122. The van der Waals surface area contributed by atoms with Crippen LogP contribution >= 0.6 is 0 Å². The highest BCUT2D eigenvalue weighted by molar-refractivity contribution is 6.12. The second kappa shape index (κ2) is 12.6. The molecule has 0 saturated carbocycles. The maximum absolute atomic E-state index is 12.3. The molecule has 1 aromatic rings. The SMILES string of the molecule is CCC(C)(CCC(=O)NCCN1C(=O)C=CC1=O)OCCC(C)(CC)Oc1ccc(C(C)=O)cc1. The van der Waals surface area contributed by atoms with Gasteiger partial charge in [0.1, 0.15) is 11.4 Å². The predicted molar refractivity (Wildman–Crippen MR) is 133 cm³/mol. The minimum atomic E-state index is -0.458. The Morgan fingerprint density at radius 2 is 1.54 bits per heavy atom. The Kier molecular flexibility index (Phi) is 10.2. The molecule has 8 heteroatoms. The highest BCUT2D eigenvalue weighted by atomic mass is 16.5. The fourth-order valence-electron chi connectivity index (χ4n) is 3.63. The molecule has 2 unspecified atom stereocenters. The van der Waals surface area contributed by atoms with Gasteiger partial charge in [-0.1, -0.05) is 13.8 Å². The number of carbonyl (C=O) groups is 4. The van der Waals surface area contributed by atoms with Gasteiger partial charge in [-0.05, 0) is 64.3 Å². The summed E-state index contributed by atoms with van der Waals surface area (Å²) in [6, 6.07) is 7.15. The van der Waals surface area contributed by atoms with Crippen molar-refractivity contribution in [3.63, 3.8) is 0 Å². The third-order valence-electron chi connectivity index (χ3n) is 6.64. The standard InChI is InChI=1S/C27H38N2O6/c1-6-26(4,15-14-23(31)28-17-18-29-24(32)12-13-25(29)33)34-19-16-27(5,7-2)35-22-10-8-21(9-11-22)20(3)30/h8-13H,6-7,14-19H2,1-5H3,(H,28,31). The number of nitrogens with one attached hydrogen (secondary N) is 1. The maximum Gasteiger partial charge on any atom is 0.253 e. The summed E-state index contributed by atoms with van der Waals surface area (Å²) in [6.07, 6.45) is 5.50. The van der Waals surface area contributed by atoms with Crippen LogP contribution in [-0.4, -0.2) is 59.3 Å². The van der Waals surface area contributed by atoms with Crippen molar-refractivity contribution in [1.29, 1.82) is 0 Å². The average molecular weight is 487 g/mol. The van der Waals surface area contributed by atoms with Gasteiger partial charge in [-0.15, -0.1) is 0 Å². The fraction of sp³-hybridized carbons (Fsp3) is 0.556. The van der Waals surface area contributed by atoms with E-state index in [0.717, 1.165) is 17.7 Å². The predicted octanol–water partition coefficient (Wildman–Crippen LogP) is 3.83. The summed E-state index contributed by atoms with van der Waals surface area (Å²) >= 11 is 0. The third kappa shape index (κ3) is 8.62. The summed E-state index contributed by atoms with van der Waals surface area (Å²) in [6.45, 7) is 10.5. The molecule has 3 amide bonds. The second-order valence-electron chi connectivity index (χ2n) is 9.40. The van der Waals surface area contributed by atoms with Gasteiger partial charge in [-0.3, -0.25) is 24.1 Å². The molecule has 0 fully saturated rings. The zero-order chi connectivity index (χ0) is 26.1. The van der Waals surface area contributed by atoms with E-state index in [9.17, 15) is 19.2 Å². The van der Waals surface area contributed by atoms with Gasteiger partial charge in [0.05, 0.1) is 12.2 Å². The van der Waals surface area contributed by atoms with Crippen LogP contribution in [0.25, 0.3) is 0 Å². The minimum absolute atomic E-state index is 0.0184. The van der Waals surface area contributed by atoms with Crippen molar-refractivity contribution in [2.75, 3.05) is 19.7 Å². The monoisotopic (exact) mass is 486 g/mol. The quantitative estimate of drug-likeness (QED) is 0.299. The van der Waals surface area contributed by atoms with Crippen LogP contribution in [0.1, 0.15) is 77.1 Å². The van der Waals surface area contributed by atoms with Gasteiger partial charge in [0.2, 0.25) is 5.91 Å². The molecule has 2 rings (SSSR count). The molecule has 2 atom stereocenters. The van der Waals surface area contributed by atoms with E-state index < -0.39 is 11.2 Å². The topological polar surface area (TPSA) is 102 Å². The smallest absolute Gasteiger partial charge is 0.253 e. The second-order valence-corrected chi connectivity index (χ2v) is 9.40. The van der Waals surface area contributed by atoms with Crippen LogP contribution in [0.4, 0.5) is 0 Å². The van der Waals surface area contributed by atoms with Crippen molar-refractivity contribution in [1.82, 2.24) is 10.2 Å². The molecule has 1 aliphatic heterocycles. The van der Waals surface area contributed by atoms with Crippen LogP contribution in [0.2, 0.25) is 0 Å². The van der Waals surface area contributed by atoms with E-state index in [1.165, 1.54) is 19.1 Å². The first kappa shape index (κ1) is 28.2. The molecule has 0 saturated heterocycles. The molecule has 1 aliphatic rings. The molecule has 0 radical (unpaired) electrons. The van der Waals surface area contributed by atoms with Crippen molar-refractivity contribution in [2.24, 2.45) is 0 Å². The van der Waals surface area contributed by atoms with E-state index in [4.69, 9.17) is 9.47 Å². The zero-order valence-electron chi connectivity index (χ0n) is 21.5. The molecule has 0 spiro atoms. The molecule has 8 nitrogen and oxygen atoms in total. The van der Waals surface area contributed by atoms with E-state index in [1.807, 2.05) is 32.9 Å². The van der Waals surface area contributed by atoms with E-state index in [1.54, 1.807) is 12.1 Å². The van der Waals surface area contributed by atoms with Gasteiger partial charge in [0.25, 0.3) is 11.8 Å². The Hall–Kier alpha value is -3.00. The van der Waals surface area contributed by atoms with Crippen molar-refractivity contribution in [2.45, 2.75) is 77.9 Å². The molecule has 0 aliphatic carbocycles. The van der Waals surface area contributed by atoms with Gasteiger partial charge in [-0.2, -0.15) is 0 Å². The minimum Gasteiger partial charge on any atom is -0.488 e. The Labute approximate surface area is 208 Å². The number of rotatable bonds is 15. The molecule has 0 bridgehead atoms. The number of imide groups is 1. The Morgan fingerprint density at radius 3 is 2.09 bits per heavy atom. The lowest BCUT2D eigenvalue weighted by Gasteiger charge is -2.33. The lowest BCUT2D eigenvalue weighted by molar-refractivity contribution is -0.137. The number of amides is 3. The molecule has 1 heterocycles. The highest BCUT2D eigenvalue weighted by Crippen LogP contribution is 2.27. The van der Waals surface area contributed by atoms with E-state index in [2.05, 4.69) is 12.2 Å². The molecule has 1 N–H and O–H groups in total. The van der Waals surface area contributed by atoms with Crippen LogP contribution in [0, 0.1) is 0 Å². The average Bonchev–Trinajstić information content (AvgIpc) is 3.15. The summed E-state index contributed by atoms with van der Waals surface area (Å²) in [4.78, 5) is 48.0. The first-order chi connectivity index (χ1) is 16.5. The maximum atomic E-state index is 12.3. The lowest BCUT2D eigenvalue weighted by Crippen LogP contribution is -2.39. The van der Waals surface area contributed by atoms with Gasteiger partial charge < -0.3 is 14.8 Å². The molecule has 0 aromatic heterocycles. The molecule has 1 aromatic carbocycles. The summed E-state index contributed by atoms with van der Waals surface area (Å²) in [7, 11) is 0. The van der Waals surface area contributed by atoms with Gasteiger partial charge in [0.15, 0.2) is 5.78 Å². The van der Waals surface area contributed by atoms with Crippen LogP contribution < -0.4 is 10.1 Å². The summed E-state index contributed by atoms with van der Waals surface area (Å²) < 4.78 is 12.4. The van der Waals surface area contributed by atoms with E-state index in [0.29, 0.717) is 30.8 Å². The third-order valence-corrected chi connectivity index (χ3v) is 6.64. The normalized spacial score (nSPS) is 16.7. The summed E-state index contributed by atoms with van der Waals surface area (Å²) in [5, 5.41) is 2.77. The largest absolute Gasteiger partial charge is 0.488 e. The fourth-order valence-corrected chi connectivity index (χ4v) is 3.63. The number of ether oxygens (including phenoxy) is 2. The van der Waals surface area contributed by atoms with Crippen molar-refractivity contribution >= 4 is 23.5 Å². The highest BCUT2D eigenvalue weighted by Gasteiger charge is 2.29. The summed E-state index contributed by atoms with van der Waals surface area (Å²) in [5.41, 5.74) is -0.236. The Bertz CT molecular complexity index is 923. The van der Waals surface area contributed by atoms with Crippen molar-refractivity contribution in [3.8, 4) is 5.75 Å². The van der Waals surface area contributed by atoms with E-state index in [-0.39, 0.29) is 43.0 Å². The molecule has 192 valence electrons. The van der Waals surface area contributed by atoms with Gasteiger partial charge in [-0.25, -0.2) is 0 Å². The zero-order valence-corrected chi connectivity index (χ0v) is 21.5. The molecular formula is C27H38N2O6. The van der Waals surface area contributed by atoms with Crippen LogP contribution in [0.15, 0.2) is 36.4 Å². The molecule has 35 heavy (non-hydrogen) atoms. The first-order valence-corrected chi connectivity index (χ1v) is 12.2. The lowest BCUT2D eigenvalue weighted by atomic mass is 9.95. The number of benzene rings is 1. The molecular weight excluding hydrogens is 448 g/mol. The van der Waals surface area contributed by atoms with Crippen molar-refractivity contribution < 1.29 is 28.7 Å². The van der Waals surface area contributed by atoms with E-state index >= 15 is 0 Å². The number of Topliss-reactive ketones (excluding diaryl/α,β-unsaturated/α-hetero) is 1.